The molecule has 0 bridgehead atoms. The second-order valence-electron chi connectivity index (χ2n) is 4.33. The van der Waals surface area contributed by atoms with Gasteiger partial charge in [0.1, 0.15) is 5.76 Å². The minimum absolute atomic E-state index is 0.852. The minimum Gasteiger partial charge on any atom is -0.468 e. The van der Waals surface area contributed by atoms with Gasteiger partial charge >= 0.3 is 0 Å². The quantitative estimate of drug-likeness (QED) is 0.755. The predicted molar refractivity (Wildman–Crippen MR) is 80.7 cm³/mol. The van der Waals surface area contributed by atoms with Gasteiger partial charge in [-0.15, -0.1) is 11.3 Å². The number of halogens is 1. The van der Waals surface area contributed by atoms with E-state index in [2.05, 4.69) is 23.2 Å². The lowest BCUT2D eigenvalue weighted by atomic mass is 10.4. The Morgan fingerprint density at radius 3 is 2.89 bits per heavy atom. The van der Waals surface area contributed by atoms with E-state index in [-0.39, 0.29) is 0 Å². The lowest BCUT2D eigenvalue weighted by Gasteiger charge is -2.19. The fourth-order valence-electron chi connectivity index (χ4n) is 1.87. The molecule has 2 heterocycles. The summed E-state index contributed by atoms with van der Waals surface area (Å²) in [6, 6.07) is 7.96. The Morgan fingerprint density at radius 2 is 2.26 bits per heavy atom. The van der Waals surface area contributed by atoms with Crippen molar-refractivity contribution in [1.29, 1.82) is 0 Å². The number of rotatable bonds is 8. The zero-order valence-electron chi connectivity index (χ0n) is 11.1. The molecule has 0 saturated carbocycles. The van der Waals surface area contributed by atoms with Crippen molar-refractivity contribution >= 4 is 22.9 Å². The topological polar surface area (TPSA) is 28.4 Å². The van der Waals surface area contributed by atoms with E-state index in [1.807, 2.05) is 18.2 Å². The van der Waals surface area contributed by atoms with E-state index in [4.69, 9.17) is 16.0 Å². The lowest BCUT2D eigenvalue weighted by molar-refractivity contribution is 0.255. The minimum atomic E-state index is 0.852. The summed E-state index contributed by atoms with van der Waals surface area (Å²) < 4.78 is 6.22. The van der Waals surface area contributed by atoms with Crippen molar-refractivity contribution in [2.45, 2.75) is 20.0 Å². The summed E-state index contributed by atoms with van der Waals surface area (Å²) >= 11 is 7.53. The van der Waals surface area contributed by atoms with E-state index >= 15 is 0 Å². The van der Waals surface area contributed by atoms with Gasteiger partial charge in [0.05, 0.1) is 17.1 Å². The van der Waals surface area contributed by atoms with Crippen LogP contribution >= 0.6 is 22.9 Å². The number of nitrogens with one attached hydrogen (secondary N) is 1. The first-order valence-corrected chi connectivity index (χ1v) is 7.67. The van der Waals surface area contributed by atoms with Gasteiger partial charge in [-0.1, -0.05) is 18.5 Å². The van der Waals surface area contributed by atoms with Gasteiger partial charge in [-0.3, -0.25) is 4.90 Å². The van der Waals surface area contributed by atoms with E-state index < -0.39 is 0 Å². The molecule has 0 spiro atoms. The molecule has 0 aliphatic carbocycles. The van der Waals surface area contributed by atoms with Crippen LogP contribution in [0.2, 0.25) is 4.34 Å². The number of furan rings is 1. The van der Waals surface area contributed by atoms with Gasteiger partial charge in [0, 0.05) is 24.5 Å². The van der Waals surface area contributed by atoms with Crippen molar-refractivity contribution in [1.82, 2.24) is 10.2 Å². The van der Waals surface area contributed by atoms with Crippen LogP contribution < -0.4 is 5.32 Å². The van der Waals surface area contributed by atoms with Crippen molar-refractivity contribution in [3.05, 3.63) is 45.5 Å². The van der Waals surface area contributed by atoms with Gasteiger partial charge in [-0.05, 0) is 30.8 Å². The molecule has 3 nitrogen and oxygen atoms in total. The summed E-state index contributed by atoms with van der Waals surface area (Å²) in [5.74, 6) is 1.02. The van der Waals surface area contributed by atoms with Gasteiger partial charge in [0.15, 0.2) is 0 Å². The SMILES string of the molecule is CCN(CCNCc1ccc(Cl)s1)Cc1ccco1. The number of thiophene rings is 1. The molecule has 0 unspecified atom stereocenters. The molecule has 2 rings (SSSR count). The maximum atomic E-state index is 5.90. The first-order chi connectivity index (χ1) is 9.28. The van der Waals surface area contributed by atoms with Crippen LogP contribution in [0.5, 0.6) is 0 Å². The second kappa shape index (κ2) is 7.70. The average molecular weight is 299 g/mol. The molecule has 2 aromatic rings. The summed E-state index contributed by atoms with van der Waals surface area (Å²) in [4.78, 5) is 3.63. The van der Waals surface area contributed by atoms with Crippen LogP contribution in [0.3, 0.4) is 0 Å². The van der Waals surface area contributed by atoms with Crippen LogP contribution in [0.25, 0.3) is 0 Å². The number of likely N-dealkylation sites (N-methyl/N-ethyl adjacent to an activating group) is 1. The third-order valence-electron chi connectivity index (χ3n) is 2.94. The Labute approximate surface area is 123 Å². The van der Waals surface area contributed by atoms with Crippen LogP contribution in [0.1, 0.15) is 17.6 Å². The first kappa shape index (κ1) is 14.6. The summed E-state index contributed by atoms with van der Waals surface area (Å²) in [5, 5.41) is 3.44. The molecular weight excluding hydrogens is 280 g/mol. The molecule has 0 radical (unpaired) electrons. The number of hydrogen-bond donors (Lipinski definition) is 1. The maximum Gasteiger partial charge on any atom is 0.117 e. The van der Waals surface area contributed by atoms with E-state index in [1.54, 1.807) is 17.6 Å². The van der Waals surface area contributed by atoms with Crippen molar-refractivity contribution in [2.75, 3.05) is 19.6 Å². The summed E-state index contributed by atoms with van der Waals surface area (Å²) in [7, 11) is 0. The molecule has 0 saturated heterocycles. The fraction of sp³-hybridized carbons (Fsp3) is 0.429. The maximum absolute atomic E-state index is 5.90. The third-order valence-corrected chi connectivity index (χ3v) is 4.17. The Bertz CT molecular complexity index is 470. The average Bonchev–Trinajstić information content (AvgIpc) is 3.05. The third kappa shape index (κ3) is 4.99. The number of nitrogens with zero attached hydrogens (tertiary/aromatic N) is 1. The highest BCUT2D eigenvalue weighted by molar-refractivity contribution is 7.16. The molecular formula is C14H19ClN2OS. The normalized spacial score (nSPS) is 11.3. The molecule has 5 heteroatoms. The summed E-state index contributed by atoms with van der Waals surface area (Å²) in [6.07, 6.45) is 1.72. The standard InChI is InChI=1S/C14H19ClN2OS/c1-2-17(11-12-4-3-9-18-12)8-7-16-10-13-5-6-14(15)19-13/h3-6,9,16H,2,7-8,10-11H2,1H3. The molecule has 19 heavy (non-hydrogen) atoms. The smallest absolute Gasteiger partial charge is 0.117 e. The summed E-state index contributed by atoms with van der Waals surface area (Å²) in [5.41, 5.74) is 0. The molecule has 0 aromatic carbocycles. The highest BCUT2D eigenvalue weighted by Gasteiger charge is 2.05. The van der Waals surface area contributed by atoms with E-state index in [1.165, 1.54) is 4.88 Å². The van der Waals surface area contributed by atoms with Gasteiger partial charge in [0.2, 0.25) is 0 Å². The van der Waals surface area contributed by atoms with Crippen LogP contribution in [0.4, 0.5) is 0 Å². The molecule has 0 atom stereocenters. The molecule has 0 aliphatic rings. The van der Waals surface area contributed by atoms with Crippen LogP contribution in [0.15, 0.2) is 34.9 Å². The second-order valence-corrected chi connectivity index (χ2v) is 6.13. The lowest BCUT2D eigenvalue weighted by Crippen LogP contribution is -2.31. The fourth-order valence-corrected chi connectivity index (χ4v) is 2.92. The Kier molecular flexibility index (Phi) is 5.92. The van der Waals surface area contributed by atoms with Crippen LogP contribution in [0, 0.1) is 0 Å². The zero-order chi connectivity index (χ0) is 13.5. The van der Waals surface area contributed by atoms with Crippen LogP contribution in [-0.2, 0) is 13.1 Å². The van der Waals surface area contributed by atoms with Crippen molar-refractivity contribution < 1.29 is 4.42 Å². The molecule has 0 amide bonds. The highest BCUT2D eigenvalue weighted by atomic mass is 35.5. The van der Waals surface area contributed by atoms with Gasteiger partial charge in [-0.25, -0.2) is 0 Å². The van der Waals surface area contributed by atoms with Crippen molar-refractivity contribution in [3.63, 3.8) is 0 Å². The predicted octanol–water partition coefficient (Wildman–Crippen LogP) is 3.61. The monoisotopic (exact) mass is 298 g/mol. The highest BCUT2D eigenvalue weighted by Crippen LogP contribution is 2.20. The molecule has 2 aromatic heterocycles. The Balaban J connectivity index is 1.66. The van der Waals surface area contributed by atoms with E-state index in [0.717, 1.165) is 42.8 Å². The van der Waals surface area contributed by atoms with E-state index in [0.29, 0.717) is 0 Å². The van der Waals surface area contributed by atoms with Crippen LogP contribution in [-0.4, -0.2) is 24.5 Å². The van der Waals surface area contributed by atoms with Gasteiger partial charge in [-0.2, -0.15) is 0 Å². The largest absolute Gasteiger partial charge is 0.468 e. The first-order valence-electron chi connectivity index (χ1n) is 6.47. The molecule has 104 valence electrons. The molecule has 1 N–H and O–H groups in total. The van der Waals surface area contributed by atoms with Gasteiger partial charge in [0.25, 0.3) is 0 Å². The Hall–Kier alpha value is -0.810. The number of hydrogen-bond acceptors (Lipinski definition) is 4. The molecule has 0 fully saturated rings. The molecule has 0 aliphatic heterocycles. The van der Waals surface area contributed by atoms with E-state index in [9.17, 15) is 0 Å². The summed E-state index contributed by atoms with van der Waals surface area (Å²) in [6.45, 7) is 6.92. The zero-order valence-corrected chi connectivity index (χ0v) is 12.6. The van der Waals surface area contributed by atoms with Gasteiger partial charge < -0.3 is 9.73 Å². The van der Waals surface area contributed by atoms with Crippen molar-refractivity contribution in [2.24, 2.45) is 0 Å². The van der Waals surface area contributed by atoms with Crippen molar-refractivity contribution in [3.8, 4) is 0 Å². The Morgan fingerprint density at radius 1 is 1.37 bits per heavy atom.